The van der Waals surface area contributed by atoms with E-state index in [1.807, 2.05) is 0 Å². The van der Waals surface area contributed by atoms with E-state index in [1.165, 1.54) is 43.2 Å². The van der Waals surface area contributed by atoms with E-state index < -0.39 is 5.60 Å². The summed E-state index contributed by atoms with van der Waals surface area (Å²) in [5.41, 5.74) is 2.61. The normalized spacial score (nSPS) is 39.5. The molecule has 2 heterocycles. The van der Waals surface area contributed by atoms with Gasteiger partial charge in [-0.1, -0.05) is 24.3 Å². The number of hydrogen-bond acceptors (Lipinski definition) is 2. The van der Waals surface area contributed by atoms with Crippen LogP contribution < -0.4 is 5.32 Å². The lowest BCUT2D eigenvalue weighted by molar-refractivity contribution is -0.0208. The summed E-state index contributed by atoms with van der Waals surface area (Å²) < 4.78 is 0. The van der Waals surface area contributed by atoms with Crippen molar-refractivity contribution in [2.24, 2.45) is 0 Å². The first kappa shape index (κ1) is 12.8. The van der Waals surface area contributed by atoms with E-state index in [0.717, 1.165) is 19.3 Å². The molecule has 2 bridgehead atoms. The van der Waals surface area contributed by atoms with Crippen molar-refractivity contribution in [3.8, 4) is 0 Å². The average molecular weight is 271 g/mol. The number of aryl methyl sites for hydroxylation is 1. The molecule has 1 aliphatic carbocycles. The van der Waals surface area contributed by atoms with Crippen molar-refractivity contribution < 1.29 is 5.11 Å². The maximum Gasteiger partial charge on any atom is 0.0683 e. The molecule has 0 radical (unpaired) electrons. The van der Waals surface area contributed by atoms with Crippen molar-refractivity contribution in [2.75, 3.05) is 0 Å². The van der Waals surface area contributed by atoms with Crippen LogP contribution in [0.3, 0.4) is 0 Å². The monoisotopic (exact) mass is 271 g/mol. The highest BCUT2D eigenvalue weighted by molar-refractivity contribution is 5.33. The Bertz CT molecular complexity index is 486. The molecule has 1 aromatic carbocycles. The molecule has 0 saturated carbocycles. The van der Waals surface area contributed by atoms with Gasteiger partial charge in [-0.2, -0.15) is 0 Å². The summed E-state index contributed by atoms with van der Waals surface area (Å²) in [5.74, 6) is 0.572. The largest absolute Gasteiger partial charge is 0.390 e. The molecule has 20 heavy (non-hydrogen) atoms. The Hall–Kier alpha value is -0.860. The van der Waals surface area contributed by atoms with E-state index >= 15 is 0 Å². The Balaban J connectivity index is 1.55. The number of fused-ring (bicyclic) bond motifs is 3. The van der Waals surface area contributed by atoms with Crippen LogP contribution in [0, 0.1) is 0 Å². The van der Waals surface area contributed by atoms with Crippen molar-refractivity contribution in [3.63, 3.8) is 0 Å². The van der Waals surface area contributed by atoms with Gasteiger partial charge in [-0.3, -0.25) is 0 Å². The molecule has 2 saturated heterocycles. The SMILES string of the molecule is OC1(CC2CCCc3ccccc32)CC2CCC(C1)N2. The number of nitrogens with one attached hydrogen (secondary N) is 1. The Morgan fingerprint density at radius 2 is 1.85 bits per heavy atom. The topological polar surface area (TPSA) is 32.3 Å². The molecule has 2 heteroatoms. The molecule has 2 aliphatic heterocycles. The van der Waals surface area contributed by atoms with E-state index in [9.17, 15) is 5.11 Å². The van der Waals surface area contributed by atoms with E-state index in [-0.39, 0.29) is 0 Å². The molecule has 2 fully saturated rings. The lowest BCUT2D eigenvalue weighted by Crippen LogP contribution is -2.49. The lowest BCUT2D eigenvalue weighted by Gasteiger charge is -2.40. The summed E-state index contributed by atoms with van der Waals surface area (Å²) in [4.78, 5) is 0. The molecule has 3 atom stereocenters. The van der Waals surface area contributed by atoms with E-state index in [1.54, 1.807) is 0 Å². The van der Waals surface area contributed by atoms with Crippen LogP contribution in [0.5, 0.6) is 0 Å². The zero-order valence-electron chi connectivity index (χ0n) is 12.1. The lowest BCUT2D eigenvalue weighted by atomic mass is 9.73. The zero-order valence-corrected chi connectivity index (χ0v) is 12.1. The number of piperidine rings is 1. The molecule has 3 aliphatic rings. The molecule has 2 N–H and O–H groups in total. The Morgan fingerprint density at radius 1 is 1.10 bits per heavy atom. The quantitative estimate of drug-likeness (QED) is 0.866. The van der Waals surface area contributed by atoms with Crippen LogP contribution >= 0.6 is 0 Å². The van der Waals surface area contributed by atoms with Crippen LogP contribution in [0.2, 0.25) is 0 Å². The van der Waals surface area contributed by atoms with Gasteiger partial charge in [0.05, 0.1) is 5.60 Å². The maximum absolute atomic E-state index is 11.1. The smallest absolute Gasteiger partial charge is 0.0683 e. The molecule has 3 unspecified atom stereocenters. The Morgan fingerprint density at radius 3 is 2.65 bits per heavy atom. The second-order valence-corrected chi connectivity index (χ2v) is 7.26. The minimum absolute atomic E-state index is 0.424. The summed E-state index contributed by atoms with van der Waals surface area (Å²) in [6.07, 6.45) is 9.16. The molecule has 0 aromatic heterocycles. The molecule has 0 spiro atoms. The summed E-state index contributed by atoms with van der Waals surface area (Å²) in [6.45, 7) is 0. The highest BCUT2D eigenvalue weighted by Crippen LogP contribution is 2.43. The highest BCUT2D eigenvalue weighted by atomic mass is 16.3. The predicted molar refractivity (Wildman–Crippen MR) is 80.9 cm³/mol. The fourth-order valence-electron chi connectivity index (χ4n) is 4.92. The van der Waals surface area contributed by atoms with Gasteiger partial charge in [0.1, 0.15) is 0 Å². The average Bonchev–Trinajstić information content (AvgIpc) is 2.79. The Labute approximate surface area is 121 Å². The third-order valence-corrected chi connectivity index (χ3v) is 5.71. The first-order valence-electron chi connectivity index (χ1n) is 8.28. The van der Waals surface area contributed by atoms with Crippen molar-refractivity contribution in [1.29, 1.82) is 0 Å². The molecule has 4 rings (SSSR count). The van der Waals surface area contributed by atoms with Crippen LogP contribution in [0.4, 0.5) is 0 Å². The van der Waals surface area contributed by atoms with Gasteiger partial charge >= 0.3 is 0 Å². The number of aliphatic hydroxyl groups is 1. The van der Waals surface area contributed by atoms with Gasteiger partial charge in [-0.15, -0.1) is 0 Å². The van der Waals surface area contributed by atoms with Gasteiger partial charge in [0.2, 0.25) is 0 Å². The molecular formula is C18H25NO. The fourth-order valence-corrected chi connectivity index (χ4v) is 4.92. The molecule has 0 amide bonds. The number of benzene rings is 1. The minimum atomic E-state index is -0.424. The van der Waals surface area contributed by atoms with Crippen LogP contribution in [0.25, 0.3) is 0 Å². The summed E-state index contributed by atoms with van der Waals surface area (Å²) in [5, 5.41) is 14.7. The number of rotatable bonds is 2. The summed E-state index contributed by atoms with van der Waals surface area (Å²) >= 11 is 0. The van der Waals surface area contributed by atoms with Gasteiger partial charge in [-0.25, -0.2) is 0 Å². The van der Waals surface area contributed by atoms with Crippen molar-refractivity contribution >= 4 is 0 Å². The van der Waals surface area contributed by atoms with E-state index in [2.05, 4.69) is 29.6 Å². The van der Waals surface area contributed by atoms with Crippen LogP contribution in [-0.2, 0) is 6.42 Å². The second kappa shape index (κ2) is 4.85. The first-order chi connectivity index (χ1) is 9.72. The summed E-state index contributed by atoms with van der Waals surface area (Å²) in [6, 6.07) is 10.0. The Kier molecular flexibility index (Phi) is 3.12. The predicted octanol–water partition coefficient (Wildman–Crippen LogP) is 3.14. The number of hydrogen-bond donors (Lipinski definition) is 2. The fraction of sp³-hybridized carbons (Fsp3) is 0.667. The maximum atomic E-state index is 11.1. The van der Waals surface area contributed by atoms with Gasteiger partial charge in [0, 0.05) is 12.1 Å². The van der Waals surface area contributed by atoms with Crippen LogP contribution in [0.15, 0.2) is 24.3 Å². The minimum Gasteiger partial charge on any atom is -0.390 e. The van der Waals surface area contributed by atoms with E-state index in [0.29, 0.717) is 18.0 Å². The molecule has 108 valence electrons. The first-order valence-corrected chi connectivity index (χ1v) is 8.28. The van der Waals surface area contributed by atoms with E-state index in [4.69, 9.17) is 0 Å². The third kappa shape index (κ3) is 2.29. The molecule has 1 aromatic rings. The highest BCUT2D eigenvalue weighted by Gasteiger charge is 2.43. The summed E-state index contributed by atoms with van der Waals surface area (Å²) in [7, 11) is 0. The van der Waals surface area contributed by atoms with Crippen molar-refractivity contribution in [2.45, 2.75) is 75.0 Å². The van der Waals surface area contributed by atoms with Crippen molar-refractivity contribution in [1.82, 2.24) is 5.32 Å². The van der Waals surface area contributed by atoms with Gasteiger partial charge in [0.15, 0.2) is 0 Å². The van der Waals surface area contributed by atoms with Gasteiger partial charge < -0.3 is 10.4 Å². The van der Waals surface area contributed by atoms with Gasteiger partial charge in [-0.05, 0) is 68.4 Å². The standard InChI is InChI=1S/C18H25NO/c20-18(11-15-8-9-16(12-18)19-15)10-14-6-3-5-13-4-1-2-7-17(13)14/h1-2,4,7,14-16,19-20H,3,5-6,8-12H2. The van der Waals surface area contributed by atoms with Gasteiger partial charge in [0.25, 0.3) is 0 Å². The second-order valence-electron chi connectivity index (χ2n) is 7.26. The molecule has 2 nitrogen and oxygen atoms in total. The zero-order chi connectivity index (χ0) is 13.6. The van der Waals surface area contributed by atoms with Crippen LogP contribution in [-0.4, -0.2) is 22.8 Å². The van der Waals surface area contributed by atoms with Crippen molar-refractivity contribution in [3.05, 3.63) is 35.4 Å². The molecular weight excluding hydrogens is 246 g/mol. The third-order valence-electron chi connectivity index (χ3n) is 5.71. The van der Waals surface area contributed by atoms with Crippen LogP contribution in [0.1, 0.15) is 62.0 Å².